The van der Waals surface area contributed by atoms with Crippen LogP contribution < -0.4 is 20.3 Å². The van der Waals surface area contributed by atoms with E-state index in [2.05, 4.69) is 15.6 Å². The molecular formula is C19H16ClN3O5S2. The molecule has 0 aliphatic rings. The van der Waals surface area contributed by atoms with Crippen LogP contribution in [0.25, 0.3) is 0 Å². The number of carbonyl (C=O) groups excluding carboxylic acids is 2. The van der Waals surface area contributed by atoms with E-state index in [0.717, 1.165) is 6.07 Å². The molecule has 1 aromatic heterocycles. The fraction of sp³-hybridized carbons (Fsp3) is 0.0526. The first-order valence-electron chi connectivity index (χ1n) is 8.41. The van der Waals surface area contributed by atoms with Crippen molar-refractivity contribution in [1.82, 2.24) is 10.9 Å². The molecule has 0 radical (unpaired) electrons. The van der Waals surface area contributed by atoms with Crippen LogP contribution in [-0.2, 0) is 10.0 Å². The van der Waals surface area contributed by atoms with E-state index < -0.39 is 21.8 Å². The number of carbonyl (C=O) groups is 2. The predicted octanol–water partition coefficient (Wildman–Crippen LogP) is 3.29. The topological polar surface area (TPSA) is 114 Å². The second kappa shape index (κ2) is 9.16. The van der Waals surface area contributed by atoms with Crippen LogP contribution in [-0.4, -0.2) is 27.3 Å². The Balaban J connectivity index is 1.80. The second-order valence-electron chi connectivity index (χ2n) is 5.84. The van der Waals surface area contributed by atoms with Crippen LogP contribution in [0, 0.1) is 0 Å². The standard InChI is InChI=1S/C19H16ClN3O5S2/c1-28-15-6-3-2-5-14(15)23-30(26,27)17-11-12(8-9-13(17)20)18(24)21-22-19(25)16-7-4-10-29-16/h2-11,23H,1H3,(H,21,24)(H,22,25). The number of para-hydroxylation sites is 2. The van der Waals surface area contributed by atoms with Gasteiger partial charge in [0.25, 0.3) is 21.8 Å². The van der Waals surface area contributed by atoms with Crippen LogP contribution in [0.2, 0.25) is 5.02 Å². The lowest BCUT2D eigenvalue weighted by molar-refractivity contribution is 0.0849. The molecule has 2 amide bonds. The molecular weight excluding hydrogens is 450 g/mol. The van der Waals surface area contributed by atoms with Gasteiger partial charge in [0.15, 0.2) is 0 Å². The molecule has 3 aromatic rings. The van der Waals surface area contributed by atoms with Crippen molar-refractivity contribution in [2.75, 3.05) is 11.8 Å². The lowest BCUT2D eigenvalue weighted by Gasteiger charge is -2.13. The monoisotopic (exact) mass is 465 g/mol. The molecule has 3 N–H and O–H groups in total. The van der Waals surface area contributed by atoms with E-state index in [4.69, 9.17) is 16.3 Å². The number of hydrazine groups is 1. The van der Waals surface area contributed by atoms with Crippen molar-refractivity contribution in [1.29, 1.82) is 0 Å². The highest BCUT2D eigenvalue weighted by atomic mass is 35.5. The summed E-state index contributed by atoms with van der Waals surface area (Å²) in [5.41, 5.74) is 4.72. The molecule has 0 spiro atoms. The van der Waals surface area contributed by atoms with Gasteiger partial charge < -0.3 is 4.74 Å². The highest BCUT2D eigenvalue weighted by Crippen LogP contribution is 2.29. The molecule has 8 nitrogen and oxygen atoms in total. The predicted molar refractivity (Wildman–Crippen MR) is 115 cm³/mol. The van der Waals surface area contributed by atoms with Gasteiger partial charge in [-0.15, -0.1) is 11.3 Å². The van der Waals surface area contributed by atoms with Gasteiger partial charge in [0.1, 0.15) is 10.6 Å². The lowest BCUT2D eigenvalue weighted by Crippen LogP contribution is -2.41. The minimum absolute atomic E-state index is 0.00807. The first kappa shape index (κ1) is 21.6. The number of hydrogen-bond donors (Lipinski definition) is 3. The van der Waals surface area contributed by atoms with Crippen molar-refractivity contribution in [2.45, 2.75) is 4.90 Å². The third-order valence-electron chi connectivity index (χ3n) is 3.87. The molecule has 0 saturated carbocycles. The van der Waals surface area contributed by atoms with E-state index in [1.54, 1.807) is 35.7 Å². The maximum Gasteiger partial charge on any atom is 0.279 e. The number of benzene rings is 2. The van der Waals surface area contributed by atoms with Crippen molar-refractivity contribution >= 4 is 50.5 Å². The Morgan fingerprint density at radius 1 is 1.00 bits per heavy atom. The first-order chi connectivity index (χ1) is 14.3. The summed E-state index contributed by atoms with van der Waals surface area (Å²) in [4.78, 5) is 24.4. The SMILES string of the molecule is COc1ccccc1NS(=O)(=O)c1cc(C(=O)NNC(=O)c2cccs2)ccc1Cl. The van der Waals surface area contributed by atoms with Gasteiger partial charge >= 0.3 is 0 Å². The summed E-state index contributed by atoms with van der Waals surface area (Å²) in [6.45, 7) is 0. The summed E-state index contributed by atoms with van der Waals surface area (Å²) in [6.07, 6.45) is 0. The fourth-order valence-corrected chi connectivity index (χ4v) is 4.65. The van der Waals surface area contributed by atoms with Crippen molar-refractivity contribution < 1.29 is 22.7 Å². The molecule has 0 bridgehead atoms. The zero-order chi connectivity index (χ0) is 21.7. The first-order valence-corrected chi connectivity index (χ1v) is 11.2. The zero-order valence-electron chi connectivity index (χ0n) is 15.5. The lowest BCUT2D eigenvalue weighted by atomic mass is 10.2. The van der Waals surface area contributed by atoms with E-state index in [1.165, 1.54) is 36.6 Å². The molecule has 156 valence electrons. The number of hydrogen-bond acceptors (Lipinski definition) is 6. The Hall–Kier alpha value is -3.08. The molecule has 2 aromatic carbocycles. The molecule has 11 heteroatoms. The number of ether oxygens (including phenoxy) is 1. The molecule has 30 heavy (non-hydrogen) atoms. The van der Waals surface area contributed by atoms with Gasteiger partial charge in [-0.2, -0.15) is 0 Å². The Labute approximate surface area is 181 Å². The second-order valence-corrected chi connectivity index (χ2v) is 8.84. The van der Waals surface area contributed by atoms with Gasteiger partial charge in [-0.25, -0.2) is 8.42 Å². The van der Waals surface area contributed by atoms with E-state index in [-0.39, 0.29) is 21.2 Å². The van der Waals surface area contributed by atoms with Crippen molar-refractivity contribution in [3.05, 3.63) is 75.4 Å². The molecule has 0 aliphatic heterocycles. The minimum atomic E-state index is -4.13. The average Bonchev–Trinajstić information content (AvgIpc) is 3.27. The van der Waals surface area contributed by atoms with Crippen LogP contribution in [0.15, 0.2) is 64.9 Å². The number of amides is 2. The largest absolute Gasteiger partial charge is 0.495 e. The van der Waals surface area contributed by atoms with Gasteiger partial charge in [-0.1, -0.05) is 29.8 Å². The zero-order valence-corrected chi connectivity index (χ0v) is 17.9. The summed E-state index contributed by atoms with van der Waals surface area (Å²) in [5.74, 6) is -0.870. The van der Waals surface area contributed by atoms with Gasteiger partial charge in [-0.05, 0) is 41.8 Å². The van der Waals surface area contributed by atoms with E-state index in [1.807, 2.05) is 0 Å². The van der Waals surface area contributed by atoms with Gasteiger partial charge in [0, 0.05) is 5.56 Å². The normalized spacial score (nSPS) is 10.9. The summed E-state index contributed by atoms with van der Waals surface area (Å²) >= 11 is 7.28. The summed E-state index contributed by atoms with van der Waals surface area (Å²) in [5, 5.41) is 1.65. The molecule has 0 saturated heterocycles. The van der Waals surface area contributed by atoms with E-state index in [9.17, 15) is 18.0 Å². The Kier molecular flexibility index (Phi) is 6.60. The third-order valence-corrected chi connectivity index (χ3v) is 6.58. The Morgan fingerprint density at radius 2 is 1.73 bits per heavy atom. The number of methoxy groups -OCH3 is 1. The highest BCUT2D eigenvalue weighted by Gasteiger charge is 2.22. The van der Waals surface area contributed by atoms with E-state index in [0.29, 0.717) is 10.6 Å². The summed E-state index contributed by atoms with van der Waals surface area (Å²) < 4.78 is 33.2. The van der Waals surface area contributed by atoms with Crippen LogP contribution in [0.1, 0.15) is 20.0 Å². The smallest absolute Gasteiger partial charge is 0.279 e. The molecule has 1 heterocycles. The number of sulfonamides is 1. The molecule has 0 unspecified atom stereocenters. The van der Waals surface area contributed by atoms with Gasteiger partial charge in [-0.3, -0.25) is 25.2 Å². The van der Waals surface area contributed by atoms with Crippen LogP contribution in [0.5, 0.6) is 5.75 Å². The number of thiophene rings is 1. The third kappa shape index (κ3) is 4.90. The highest BCUT2D eigenvalue weighted by molar-refractivity contribution is 7.92. The van der Waals surface area contributed by atoms with Crippen LogP contribution in [0.3, 0.4) is 0 Å². The summed E-state index contributed by atoms with van der Waals surface area (Å²) in [6, 6.07) is 13.5. The minimum Gasteiger partial charge on any atom is -0.495 e. The molecule has 0 fully saturated rings. The van der Waals surface area contributed by atoms with Crippen molar-refractivity contribution in [3.63, 3.8) is 0 Å². The quantitative estimate of drug-likeness (QED) is 0.483. The van der Waals surface area contributed by atoms with Crippen LogP contribution in [0.4, 0.5) is 5.69 Å². The number of anilines is 1. The summed E-state index contributed by atoms with van der Waals surface area (Å²) in [7, 11) is -2.71. The van der Waals surface area contributed by atoms with Gasteiger partial charge in [0.05, 0.1) is 22.7 Å². The van der Waals surface area contributed by atoms with Crippen molar-refractivity contribution in [3.8, 4) is 5.75 Å². The number of halogens is 1. The maximum absolute atomic E-state index is 12.8. The Morgan fingerprint density at radius 3 is 2.43 bits per heavy atom. The fourth-order valence-electron chi connectivity index (χ4n) is 2.43. The number of nitrogens with one attached hydrogen (secondary N) is 3. The maximum atomic E-state index is 12.8. The molecule has 3 rings (SSSR count). The van der Waals surface area contributed by atoms with E-state index >= 15 is 0 Å². The van der Waals surface area contributed by atoms with Gasteiger partial charge in [0.2, 0.25) is 0 Å². The van der Waals surface area contributed by atoms with Crippen LogP contribution >= 0.6 is 22.9 Å². The molecule has 0 aliphatic carbocycles. The average molecular weight is 466 g/mol. The Bertz CT molecular complexity index is 1180. The number of rotatable bonds is 6. The molecule has 0 atom stereocenters. The van der Waals surface area contributed by atoms with Crippen molar-refractivity contribution in [2.24, 2.45) is 0 Å².